The number of likely N-dealkylation sites (N-methyl/N-ethyl adjacent to an activating group) is 1. The van der Waals surface area contributed by atoms with Crippen LogP contribution in [0.2, 0.25) is 0 Å². The number of aromatic amines is 1. The van der Waals surface area contributed by atoms with Crippen molar-refractivity contribution in [3.8, 4) is 22.3 Å². The highest BCUT2D eigenvalue weighted by Gasteiger charge is 2.39. The molecule has 0 bridgehead atoms. The molecule has 216 valence electrons. The van der Waals surface area contributed by atoms with E-state index in [1.54, 1.807) is 18.3 Å². The van der Waals surface area contributed by atoms with Gasteiger partial charge in [-0.15, -0.1) is 0 Å². The number of anilines is 1. The van der Waals surface area contributed by atoms with Gasteiger partial charge in [0.25, 0.3) is 5.91 Å². The lowest BCUT2D eigenvalue weighted by molar-refractivity contribution is -0.137. The molecule has 2 aromatic carbocycles. The summed E-state index contributed by atoms with van der Waals surface area (Å²) in [4.78, 5) is 26.4. The Hall–Kier alpha value is -3.89. The van der Waals surface area contributed by atoms with Crippen LogP contribution in [0.4, 0.5) is 18.9 Å². The van der Waals surface area contributed by atoms with Crippen molar-refractivity contribution in [3.05, 3.63) is 72.1 Å². The van der Waals surface area contributed by atoms with Gasteiger partial charge in [0.2, 0.25) is 0 Å². The number of nitrogens with zero attached hydrogens (tertiary/aromatic N) is 4. The van der Waals surface area contributed by atoms with Gasteiger partial charge in [-0.3, -0.25) is 4.79 Å². The number of carbonyl (C=O) groups is 1. The van der Waals surface area contributed by atoms with Crippen LogP contribution < -0.4 is 11.1 Å². The number of aromatic nitrogens is 2. The van der Waals surface area contributed by atoms with E-state index in [0.717, 1.165) is 42.6 Å². The zero-order valence-corrected chi connectivity index (χ0v) is 23.6. The molecule has 0 radical (unpaired) electrons. The Labute approximate surface area is 237 Å². The molecule has 4 aromatic rings. The molecule has 4 N–H and O–H groups in total. The van der Waals surface area contributed by atoms with E-state index in [1.807, 2.05) is 53.4 Å². The van der Waals surface area contributed by atoms with Gasteiger partial charge >= 0.3 is 6.18 Å². The van der Waals surface area contributed by atoms with Crippen LogP contribution >= 0.6 is 0 Å². The highest BCUT2D eigenvalue weighted by molar-refractivity contribution is 5.98. The van der Waals surface area contributed by atoms with Crippen molar-refractivity contribution in [2.45, 2.75) is 32.0 Å². The number of halogens is 3. The number of nitrogens with one attached hydrogen (secondary N) is 1. The normalized spacial score (nSPS) is 17.3. The first-order valence-corrected chi connectivity index (χ1v) is 13.6. The van der Waals surface area contributed by atoms with E-state index >= 15 is 0 Å². The third-order valence-electron chi connectivity index (χ3n) is 8.38. The van der Waals surface area contributed by atoms with Crippen LogP contribution in [-0.4, -0.2) is 71.0 Å². The van der Waals surface area contributed by atoms with Crippen LogP contribution in [0, 0.1) is 0 Å². The number of carbonyl (C=O) groups excluding carboxylic acids is 1. The fourth-order valence-electron chi connectivity index (χ4n) is 5.66. The van der Waals surface area contributed by atoms with Crippen LogP contribution in [0.3, 0.4) is 0 Å². The molecule has 6 rings (SSSR count). The van der Waals surface area contributed by atoms with Gasteiger partial charge in [0.05, 0.1) is 5.56 Å². The molecule has 2 aliphatic heterocycles. The molecule has 10 heteroatoms. The second kappa shape index (κ2) is 10.5. The lowest BCUT2D eigenvalue weighted by Gasteiger charge is -2.48. The summed E-state index contributed by atoms with van der Waals surface area (Å²) in [6.45, 7) is 7.45. The van der Waals surface area contributed by atoms with Crippen molar-refractivity contribution in [2.24, 2.45) is 0 Å². The Balaban J connectivity index is 0.00000337. The molecule has 0 unspecified atom stereocenters. The lowest BCUT2D eigenvalue weighted by atomic mass is 9.88. The number of H-pyrrole nitrogens is 1. The van der Waals surface area contributed by atoms with Crippen molar-refractivity contribution >= 4 is 22.6 Å². The fourth-order valence-corrected chi connectivity index (χ4v) is 5.66. The van der Waals surface area contributed by atoms with E-state index in [1.165, 1.54) is 6.07 Å². The summed E-state index contributed by atoms with van der Waals surface area (Å²) in [6.07, 6.45) is -0.0426. The first kappa shape index (κ1) is 28.6. The van der Waals surface area contributed by atoms with Crippen LogP contribution in [0.15, 0.2) is 60.9 Å². The first-order valence-electron chi connectivity index (χ1n) is 13.6. The number of piperazine rings is 1. The minimum absolute atomic E-state index is 0. The van der Waals surface area contributed by atoms with Crippen molar-refractivity contribution in [1.29, 1.82) is 0 Å². The average Bonchev–Trinajstić information content (AvgIpc) is 3.35. The Morgan fingerprint density at radius 2 is 1.61 bits per heavy atom. The van der Waals surface area contributed by atoms with E-state index in [4.69, 9.17) is 0 Å². The number of hydrogen-bond donors (Lipinski definition) is 2. The van der Waals surface area contributed by atoms with Crippen LogP contribution in [0.25, 0.3) is 33.3 Å². The number of amides is 1. The minimum Gasteiger partial charge on any atom is -0.368 e. The predicted molar refractivity (Wildman–Crippen MR) is 156 cm³/mol. The molecule has 2 aromatic heterocycles. The molecule has 1 amide bonds. The topological polar surface area (TPSA) is 90.5 Å². The summed E-state index contributed by atoms with van der Waals surface area (Å²) in [5, 5.41) is 0.803. The van der Waals surface area contributed by atoms with Gasteiger partial charge in [-0.1, -0.05) is 18.2 Å². The molecule has 41 heavy (non-hydrogen) atoms. The quantitative estimate of drug-likeness (QED) is 0.297. The molecule has 0 spiro atoms. The number of hydrogen-bond acceptors (Lipinski definition) is 5. The third-order valence-corrected chi connectivity index (χ3v) is 8.38. The van der Waals surface area contributed by atoms with E-state index in [-0.39, 0.29) is 23.3 Å². The zero-order valence-electron chi connectivity index (χ0n) is 23.6. The summed E-state index contributed by atoms with van der Waals surface area (Å²) in [5.41, 5.74) is 3.58. The Morgan fingerprint density at radius 3 is 2.22 bits per heavy atom. The summed E-state index contributed by atoms with van der Waals surface area (Å²) in [6, 6.07) is 13.9. The molecular weight excluding hydrogens is 529 g/mol. The molecule has 4 heterocycles. The van der Waals surface area contributed by atoms with Gasteiger partial charge in [-0.25, -0.2) is 4.98 Å². The van der Waals surface area contributed by atoms with Crippen molar-refractivity contribution in [1.82, 2.24) is 25.9 Å². The summed E-state index contributed by atoms with van der Waals surface area (Å²) in [5.74, 6) is 0.0196. The molecule has 0 aliphatic carbocycles. The SMILES string of the molecule is CN1CCN(c2ccc(-c3cnc4[nH]cc(-c5ccc(C(=O)N6CCC6(C)C)cc5)c4c3)cc2C(F)(F)F)CC1.N. The van der Waals surface area contributed by atoms with Crippen LogP contribution in [0.5, 0.6) is 0 Å². The molecule has 7 nitrogen and oxygen atoms in total. The number of rotatable bonds is 4. The Bertz CT molecular complexity index is 1570. The maximum atomic E-state index is 14.2. The van der Waals surface area contributed by atoms with Gasteiger partial charge in [0, 0.05) is 78.4 Å². The molecule has 2 aliphatic rings. The predicted octanol–water partition coefficient (Wildman–Crippen LogP) is 6.45. The van der Waals surface area contributed by atoms with Gasteiger partial charge in [0.15, 0.2) is 0 Å². The first-order chi connectivity index (χ1) is 19.0. The maximum Gasteiger partial charge on any atom is 0.418 e. The van der Waals surface area contributed by atoms with Crippen LogP contribution in [-0.2, 0) is 6.18 Å². The smallest absolute Gasteiger partial charge is 0.368 e. The molecule has 0 atom stereocenters. The largest absolute Gasteiger partial charge is 0.418 e. The standard InChI is InChI=1S/C31H32F3N5O.H3N/c1-30(2)10-11-39(30)29(40)21-6-4-20(5-7-21)25-19-36-28-24(25)16-23(18-35-28)22-8-9-27(26(17-22)31(32,33)34)38-14-12-37(3)13-15-38;/h4-9,16-19H,10-15H2,1-3H3,(H,35,36);1H3. The average molecular weight is 565 g/mol. The van der Waals surface area contributed by atoms with Crippen molar-refractivity contribution in [2.75, 3.05) is 44.7 Å². The van der Waals surface area contributed by atoms with E-state index in [2.05, 4.69) is 28.7 Å². The molecular formula is C31H35F3N6O. The monoisotopic (exact) mass is 564 g/mol. The lowest BCUT2D eigenvalue weighted by Crippen LogP contribution is -2.58. The minimum atomic E-state index is -4.48. The van der Waals surface area contributed by atoms with Gasteiger partial charge < -0.3 is 25.8 Å². The number of likely N-dealkylation sites (tertiary alicyclic amines) is 1. The summed E-state index contributed by atoms with van der Waals surface area (Å²) < 4.78 is 42.6. The second-order valence-electron chi connectivity index (χ2n) is 11.4. The highest BCUT2D eigenvalue weighted by Crippen LogP contribution is 2.40. The Morgan fingerprint density at radius 1 is 0.927 bits per heavy atom. The highest BCUT2D eigenvalue weighted by atomic mass is 19.4. The van der Waals surface area contributed by atoms with Gasteiger partial charge in [-0.2, -0.15) is 13.2 Å². The van der Waals surface area contributed by atoms with Gasteiger partial charge in [-0.05, 0) is 68.8 Å². The summed E-state index contributed by atoms with van der Waals surface area (Å²) in [7, 11) is 1.98. The van der Waals surface area contributed by atoms with E-state index in [9.17, 15) is 18.0 Å². The Kier molecular flexibility index (Phi) is 7.33. The van der Waals surface area contributed by atoms with Gasteiger partial charge in [0.1, 0.15) is 5.65 Å². The number of fused-ring (bicyclic) bond motifs is 1. The summed E-state index contributed by atoms with van der Waals surface area (Å²) >= 11 is 0. The van der Waals surface area contributed by atoms with Crippen LogP contribution in [0.1, 0.15) is 36.2 Å². The maximum absolute atomic E-state index is 14.2. The third kappa shape index (κ3) is 5.29. The number of alkyl halides is 3. The molecule has 0 saturated carbocycles. The van der Waals surface area contributed by atoms with Crippen molar-refractivity contribution < 1.29 is 18.0 Å². The van der Waals surface area contributed by atoms with E-state index in [0.29, 0.717) is 35.4 Å². The molecule has 2 saturated heterocycles. The van der Waals surface area contributed by atoms with Crippen molar-refractivity contribution in [3.63, 3.8) is 0 Å². The number of benzene rings is 2. The second-order valence-corrected chi connectivity index (χ2v) is 11.4. The number of pyridine rings is 1. The van der Waals surface area contributed by atoms with E-state index < -0.39 is 11.7 Å². The molecule has 2 fully saturated rings. The fraction of sp³-hybridized carbons (Fsp3) is 0.355. The zero-order chi connectivity index (χ0) is 28.2.